The Kier molecular flexibility index (Phi) is 1.43. The molecule has 0 amide bonds. The molecular weight excluding hydrogens is 120 g/mol. The molecule has 1 nitrogen and oxygen atoms in total. The summed E-state index contributed by atoms with van der Waals surface area (Å²) in [4.78, 5) is 10.6. The molecule has 0 aromatic carbocycles. The van der Waals surface area contributed by atoms with Gasteiger partial charge >= 0.3 is 0 Å². The quantitative estimate of drug-likeness (QED) is 0.461. The lowest BCUT2D eigenvalue weighted by Crippen LogP contribution is -1.83. The summed E-state index contributed by atoms with van der Waals surface area (Å²) >= 11 is 1.39. The van der Waals surface area contributed by atoms with Gasteiger partial charge < -0.3 is 0 Å². The van der Waals surface area contributed by atoms with Crippen LogP contribution in [0.2, 0.25) is 0 Å². The van der Waals surface area contributed by atoms with Gasteiger partial charge in [0.25, 0.3) is 0 Å². The van der Waals surface area contributed by atoms with Gasteiger partial charge in [0, 0.05) is 10.8 Å². The zero-order valence-electron chi connectivity index (χ0n) is 4.81. The van der Waals surface area contributed by atoms with Crippen molar-refractivity contribution in [2.45, 2.75) is 18.6 Å². The highest BCUT2D eigenvalue weighted by Crippen LogP contribution is 2.30. The Hall–Kier alpha value is -0.240. The van der Waals surface area contributed by atoms with Crippen LogP contribution in [0.25, 0.3) is 0 Å². The number of carbonyl (C=O) groups is 1. The van der Waals surface area contributed by atoms with Crippen molar-refractivity contribution in [3.8, 4) is 0 Å². The van der Waals surface area contributed by atoms with Crippen molar-refractivity contribution < 1.29 is 4.79 Å². The van der Waals surface area contributed by atoms with Crippen molar-refractivity contribution in [2.24, 2.45) is 0 Å². The molecule has 8 heavy (non-hydrogen) atoms. The lowest BCUT2D eigenvalue weighted by atomic mass is 10.2. The van der Waals surface area contributed by atoms with Crippen LogP contribution >= 0.6 is 11.8 Å². The van der Waals surface area contributed by atoms with Crippen LogP contribution in [-0.2, 0) is 4.79 Å². The van der Waals surface area contributed by atoms with Crippen LogP contribution in [0.15, 0.2) is 12.2 Å². The van der Waals surface area contributed by atoms with E-state index in [1.54, 1.807) is 0 Å². The van der Waals surface area contributed by atoms with E-state index in [2.05, 4.69) is 6.58 Å². The summed E-state index contributed by atoms with van der Waals surface area (Å²) in [6.45, 7) is 5.66. The summed E-state index contributed by atoms with van der Waals surface area (Å²) in [5, 5.41) is 0.646. The molecule has 0 N–H and O–H groups in total. The van der Waals surface area contributed by atoms with Crippen molar-refractivity contribution in [1.29, 1.82) is 0 Å². The first kappa shape index (κ1) is 5.89. The summed E-state index contributed by atoms with van der Waals surface area (Å²) in [5.41, 5.74) is 0.780. The normalized spacial score (nSPS) is 29.4. The first-order valence-electron chi connectivity index (χ1n) is 2.59. The van der Waals surface area contributed by atoms with E-state index in [0.29, 0.717) is 5.25 Å². The molecule has 1 unspecified atom stereocenters. The van der Waals surface area contributed by atoms with E-state index in [1.165, 1.54) is 11.8 Å². The van der Waals surface area contributed by atoms with Crippen molar-refractivity contribution in [3.63, 3.8) is 0 Å². The van der Waals surface area contributed by atoms with Gasteiger partial charge in [0.2, 0.25) is 5.12 Å². The monoisotopic (exact) mass is 128 g/mol. The maximum atomic E-state index is 10.6. The Labute approximate surface area is 53.2 Å². The zero-order valence-corrected chi connectivity index (χ0v) is 5.62. The number of hydrogen-bond donors (Lipinski definition) is 0. The van der Waals surface area contributed by atoms with Crippen LogP contribution in [-0.4, -0.2) is 10.4 Å². The Bertz CT molecular complexity index is 123. The Balaban J connectivity index is 2.64. The third kappa shape index (κ3) is 0.944. The SMILES string of the molecule is C=C1CC(C)SC1=O. The molecule has 1 saturated heterocycles. The predicted molar refractivity (Wildman–Crippen MR) is 35.8 cm³/mol. The van der Waals surface area contributed by atoms with E-state index in [4.69, 9.17) is 0 Å². The fraction of sp³-hybridized carbons (Fsp3) is 0.500. The second kappa shape index (κ2) is 1.94. The number of carbonyl (C=O) groups excluding carboxylic acids is 1. The molecule has 0 aromatic rings. The molecule has 0 saturated carbocycles. The average Bonchev–Trinajstić information content (AvgIpc) is 1.85. The highest BCUT2D eigenvalue weighted by Gasteiger charge is 2.22. The van der Waals surface area contributed by atoms with Gasteiger partial charge in [-0.05, 0) is 6.42 Å². The fourth-order valence-corrected chi connectivity index (χ4v) is 1.64. The van der Waals surface area contributed by atoms with Crippen LogP contribution in [0.1, 0.15) is 13.3 Å². The highest BCUT2D eigenvalue weighted by atomic mass is 32.2. The molecule has 1 rings (SSSR count). The van der Waals surface area contributed by atoms with Crippen molar-refractivity contribution in [3.05, 3.63) is 12.2 Å². The minimum absolute atomic E-state index is 0.178. The minimum Gasteiger partial charge on any atom is -0.282 e. The van der Waals surface area contributed by atoms with Crippen LogP contribution in [0.5, 0.6) is 0 Å². The van der Waals surface area contributed by atoms with E-state index in [1.807, 2.05) is 6.92 Å². The Morgan fingerprint density at radius 3 is 2.62 bits per heavy atom. The molecule has 1 heterocycles. The average molecular weight is 128 g/mol. The first-order chi connectivity index (χ1) is 3.70. The second-order valence-corrected chi connectivity index (χ2v) is 3.43. The standard InChI is InChI=1S/C6H8OS/c1-4-3-5(2)8-6(4)7/h5H,1,3H2,2H3. The molecule has 1 aliphatic heterocycles. The van der Waals surface area contributed by atoms with Crippen molar-refractivity contribution in [2.75, 3.05) is 0 Å². The number of thioether (sulfide) groups is 1. The van der Waals surface area contributed by atoms with E-state index in [-0.39, 0.29) is 5.12 Å². The fourth-order valence-electron chi connectivity index (χ4n) is 0.738. The Morgan fingerprint density at radius 2 is 2.50 bits per heavy atom. The third-order valence-electron chi connectivity index (χ3n) is 1.13. The summed E-state index contributed by atoms with van der Waals surface area (Å²) in [6.07, 6.45) is 0.878. The lowest BCUT2D eigenvalue weighted by molar-refractivity contribution is -0.107. The lowest BCUT2D eigenvalue weighted by Gasteiger charge is -1.89. The van der Waals surface area contributed by atoms with Crippen LogP contribution < -0.4 is 0 Å². The zero-order chi connectivity index (χ0) is 6.15. The highest BCUT2D eigenvalue weighted by molar-refractivity contribution is 8.15. The summed E-state index contributed by atoms with van der Waals surface area (Å²) < 4.78 is 0. The molecule has 1 fully saturated rings. The van der Waals surface area contributed by atoms with E-state index >= 15 is 0 Å². The van der Waals surface area contributed by atoms with Gasteiger partial charge in [0.15, 0.2) is 0 Å². The van der Waals surface area contributed by atoms with Crippen LogP contribution in [0.3, 0.4) is 0 Å². The van der Waals surface area contributed by atoms with Crippen LogP contribution in [0, 0.1) is 0 Å². The molecule has 0 radical (unpaired) electrons. The van der Waals surface area contributed by atoms with Gasteiger partial charge in [-0.25, -0.2) is 0 Å². The molecule has 0 bridgehead atoms. The molecule has 0 aromatic heterocycles. The van der Waals surface area contributed by atoms with Crippen LogP contribution in [0.4, 0.5) is 0 Å². The third-order valence-corrected chi connectivity index (χ3v) is 2.20. The van der Waals surface area contributed by atoms with Gasteiger partial charge in [-0.3, -0.25) is 4.79 Å². The van der Waals surface area contributed by atoms with E-state index in [9.17, 15) is 4.79 Å². The maximum Gasteiger partial charge on any atom is 0.215 e. The van der Waals surface area contributed by atoms with Gasteiger partial charge in [-0.1, -0.05) is 25.3 Å². The van der Waals surface area contributed by atoms with E-state index in [0.717, 1.165) is 12.0 Å². The molecule has 2 heteroatoms. The van der Waals surface area contributed by atoms with Crippen molar-refractivity contribution in [1.82, 2.24) is 0 Å². The second-order valence-electron chi connectivity index (χ2n) is 2.02. The predicted octanol–water partition coefficient (Wildman–Crippen LogP) is 1.59. The maximum absolute atomic E-state index is 10.6. The van der Waals surface area contributed by atoms with Crippen molar-refractivity contribution >= 4 is 16.9 Å². The summed E-state index contributed by atoms with van der Waals surface area (Å²) in [7, 11) is 0. The molecule has 0 aliphatic carbocycles. The van der Waals surface area contributed by atoms with Gasteiger partial charge in [0.05, 0.1) is 0 Å². The van der Waals surface area contributed by atoms with E-state index < -0.39 is 0 Å². The van der Waals surface area contributed by atoms with Gasteiger partial charge in [-0.15, -0.1) is 0 Å². The molecular formula is C6H8OS. The smallest absolute Gasteiger partial charge is 0.215 e. The Morgan fingerprint density at radius 1 is 1.88 bits per heavy atom. The van der Waals surface area contributed by atoms with Gasteiger partial charge in [-0.2, -0.15) is 0 Å². The molecule has 44 valence electrons. The molecule has 0 spiro atoms. The first-order valence-corrected chi connectivity index (χ1v) is 3.47. The largest absolute Gasteiger partial charge is 0.282 e. The number of rotatable bonds is 0. The molecule has 1 atom stereocenters. The summed E-state index contributed by atoms with van der Waals surface area (Å²) in [5.74, 6) is 0. The molecule has 1 aliphatic rings. The topological polar surface area (TPSA) is 17.1 Å². The number of hydrogen-bond acceptors (Lipinski definition) is 2. The van der Waals surface area contributed by atoms with Gasteiger partial charge in [0.1, 0.15) is 0 Å². The minimum atomic E-state index is 0.178. The summed E-state index contributed by atoms with van der Waals surface area (Å²) in [6, 6.07) is 0.